The summed E-state index contributed by atoms with van der Waals surface area (Å²) in [5.74, 6) is -0.583. The zero-order valence-corrected chi connectivity index (χ0v) is 16.0. The molecule has 0 aromatic heterocycles. The topological polar surface area (TPSA) is 97.2 Å². The molecule has 0 atom stereocenters. The molecular weight excluding hydrogens is 384 g/mol. The molecule has 3 aromatic carbocycles. The third-order valence-corrected chi connectivity index (χ3v) is 3.99. The quantitative estimate of drug-likeness (QED) is 0.421. The second-order valence-corrected chi connectivity index (χ2v) is 6.19. The smallest absolute Gasteiger partial charge is 0.341 e. The molecule has 152 valence electrons. The summed E-state index contributed by atoms with van der Waals surface area (Å²) in [7, 11) is 0. The van der Waals surface area contributed by atoms with Gasteiger partial charge in [-0.3, -0.25) is 4.79 Å². The molecule has 0 bridgehead atoms. The minimum absolute atomic E-state index is 0.195. The van der Waals surface area contributed by atoms with Gasteiger partial charge in [0.25, 0.3) is 5.91 Å². The summed E-state index contributed by atoms with van der Waals surface area (Å²) in [6.45, 7) is -0.659. The lowest BCUT2D eigenvalue weighted by Gasteiger charge is -2.07. The highest BCUT2D eigenvalue weighted by molar-refractivity contribution is 5.85. The van der Waals surface area contributed by atoms with E-state index in [1.54, 1.807) is 36.4 Å². The number of carboxylic acid groups (broad SMARTS) is 1. The average molecular weight is 404 g/mol. The van der Waals surface area contributed by atoms with E-state index in [-0.39, 0.29) is 6.61 Å². The van der Waals surface area contributed by atoms with Gasteiger partial charge in [0, 0.05) is 5.56 Å². The van der Waals surface area contributed by atoms with Crippen molar-refractivity contribution in [2.45, 2.75) is 0 Å². The molecule has 3 aromatic rings. The number of ether oxygens (including phenoxy) is 2. The van der Waals surface area contributed by atoms with Crippen LogP contribution in [0.25, 0.3) is 11.1 Å². The fourth-order valence-corrected chi connectivity index (χ4v) is 2.59. The van der Waals surface area contributed by atoms with Crippen LogP contribution in [0.15, 0.2) is 84.0 Å². The van der Waals surface area contributed by atoms with E-state index in [1.807, 2.05) is 42.5 Å². The fourth-order valence-electron chi connectivity index (χ4n) is 2.59. The maximum Gasteiger partial charge on any atom is 0.341 e. The van der Waals surface area contributed by atoms with Crippen molar-refractivity contribution in [3.63, 3.8) is 0 Å². The third-order valence-electron chi connectivity index (χ3n) is 3.99. The molecule has 0 saturated carbocycles. The first-order valence-electron chi connectivity index (χ1n) is 9.15. The highest BCUT2D eigenvalue weighted by Crippen LogP contribution is 2.22. The van der Waals surface area contributed by atoms with Gasteiger partial charge in [-0.1, -0.05) is 54.6 Å². The van der Waals surface area contributed by atoms with E-state index in [2.05, 4.69) is 10.5 Å². The maximum atomic E-state index is 11.9. The minimum Gasteiger partial charge on any atom is -0.484 e. The standard InChI is InChI=1S/C23H20N2O5/c26-22(25-24-14-19-8-4-5-9-21(19)30-16-23(27)28)15-29-20-12-10-18(11-13-20)17-6-2-1-3-7-17/h1-14H,15-16H2,(H,25,26)(H,27,28)/b24-14+. The number of rotatable bonds is 9. The predicted molar refractivity (Wildman–Crippen MR) is 113 cm³/mol. The van der Waals surface area contributed by atoms with Crippen LogP contribution in [-0.2, 0) is 9.59 Å². The number of carboxylic acids is 1. The van der Waals surface area contributed by atoms with Crippen LogP contribution in [0.5, 0.6) is 11.5 Å². The summed E-state index contributed by atoms with van der Waals surface area (Å²) >= 11 is 0. The summed E-state index contributed by atoms with van der Waals surface area (Å²) in [5, 5.41) is 12.6. The number of carbonyl (C=O) groups is 2. The van der Waals surface area contributed by atoms with Gasteiger partial charge in [-0.05, 0) is 35.4 Å². The van der Waals surface area contributed by atoms with Gasteiger partial charge in [0.15, 0.2) is 13.2 Å². The van der Waals surface area contributed by atoms with Gasteiger partial charge in [-0.15, -0.1) is 0 Å². The molecule has 0 aliphatic heterocycles. The zero-order chi connectivity index (χ0) is 21.2. The highest BCUT2D eigenvalue weighted by Gasteiger charge is 2.05. The fraction of sp³-hybridized carbons (Fsp3) is 0.0870. The van der Waals surface area contributed by atoms with Crippen molar-refractivity contribution in [3.8, 4) is 22.6 Å². The summed E-state index contributed by atoms with van der Waals surface area (Å²) in [6, 6.07) is 24.2. The summed E-state index contributed by atoms with van der Waals surface area (Å²) in [4.78, 5) is 22.6. The number of hydrogen-bond acceptors (Lipinski definition) is 5. The Labute approximate surface area is 173 Å². The van der Waals surface area contributed by atoms with E-state index in [0.717, 1.165) is 11.1 Å². The van der Waals surface area contributed by atoms with Gasteiger partial charge in [0.1, 0.15) is 11.5 Å². The van der Waals surface area contributed by atoms with Crippen molar-refractivity contribution in [3.05, 3.63) is 84.4 Å². The number of para-hydroxylation sites is 1. The van der Waals surface area contributed by atoms with Crippen LogP contribution < -0.4 is 14.9 Å². The lowest BCUT2D eigenvalue weighted by molar-refractivity contribution is -0.139. The van der Waals surface area contributed by atoms with Gasteiger partial charge in [0.2, 0.25) is 0 Å². The Morgan fingerprint density at radius 3 is 2.23 bits per heavy atom. The molecule has 0 saturated heterocycles. The molecule has 3 rings (SSSR count). The van der Waals surface area contributed by atoms with Crippen LogP contribution >= 0.6 is 0 Å². The molecule has 0 unspecified atom stereocenters. The molecule has 0 heterocycles. The van der Waals surface area contributed by atoms with Crippen LogP contribution in [0.4, 0.5) is 0 Å². The number of carbonyl (C=O) groups excluding carboxylic acids is 1. The molecule has 30 heavy (non-hydrogen) atoms. The first kappa shape index (κ1) is 20.6. The number of aliphatic carboxylic acids is 1. The summed E-state index contributed by atoms with van der Waals surface area (Å²) in [6.07, 6.45) is 1.38. The van der Waals surface area contributed by atoms with Crippen molar-refractivity contribution < 1.29 is 24.2 Å². The Balaban J connectivity index is 1.49. The number of hydrazone groups is 1. The Morgan fingerprint density at radius 1 is 0.833 bits per heavy atom. The van der Waals surface area contributed by atoms with Crippen molar-refractivity contribution >= 4 is 18.1 Å². The van der Waals surface area contributed by atoms with Gasteiger partial charge >= 0.3 is 5.97 Å². The van der Waals surface area contributed by atoms with Crippen molar-refractivity contribution in [1.82, 2.24) is 5.43 Å². The lowest BCUT2D eigenvalue weighted by Crippen LogP contribution is -2.24. The van der Waals surface area contributed by atoms with Gasteiger partial charge in [-0.25, -0.2) is 10.2 Å². The van der Waals surface area contributed by atoms with Crippen molar-refractivity contribution in [2.75, 3.05) is 13.2 Å². The normalized spacial score (nSPS) is 10.5. The molecule has 7 heteroatoms. The number of nitrogens with one attached hydrogen (secondary N) is 1. The minimum atomic E-state index is -1.08. The molecular formula is C23H20N2O5. The van der Waals surface area contributed by atoms with Crippen LogP contribution in [-0.4, -0.2) is 36.4 Å². The van der Waals surface area contributed by atoms with Crippen molar-refractivity contribution in [1.29, 1.82) is 0 Å². The molecule has 1 amide bonds. The van der Waals surface area contributed by atoms with E-state index in [0.29, 0.717) is 17.1 Å². The van der Waals surface area contributed by atoms with Crippen molar-refractivity contribution in [2.24, 2.45) is 5.10 Å². The predicted octanol–water partition coefficient (Wildman–Crippen LogP) is 3.35. The molecule has 7 nitrogen and oxygen atoms in total. The monoisotopic (exact) mass is 404 g/mol. The van der Waals surface area contributed by atoms with Gasteiger partial charge in [0.05, 0.1) is 6.21 Å². The maximum absolute atomic E-state index is 11.9. The molecule has 0 aliphatic rings. The Bertz CT molecular complexity index is 1020. The summed E-state index contributed by atoms with van der Waals surface area (Å²) in [5.41, 5.74) is 5.06. The number of benzene rings is 3. The van der Waals surface area contributed by atoms with Crippen LogP contribution in [0.1, 0.15) is 5.56 Å². The van der Waals surface area contributed by atoms with E-state index in [1.165, 1.54) is 6.21 Å². The summed E-state index contributed by atoms with van der Waals surface area (Å²) < 4.78 is 10.6. The second kappa shape index (κ2) is 10.4. The van der Waals surface area contributed by atoms with Gasteiger partial charge in [-0.2, -0.15) is 5.10 Å². The van der Waals surface area contributed by atoms with Crippen LogP contribution in [0.3, 0.4) is 0 Å². The molecule has 0 spiro atoms. The van der Waals surface area contributed by atoms with Crippen LogP contribution in [0.2, 0.25) is 0 Å². The molecule has 0 fully saturated rings. The third kappa shape index (κ3) is 6.20. The van der Waals surface area contributed by atoms with Crippen LogP contribution in [0, 0.1) is 0 Å². The Kier molecular flexibility index (Phi) is 7.16. The largest absolute Gasteiger partial charge is 0.484 e. The van der Waals surface area contributed by atoms with E-state index in [4.69, 9.17) is 14.6 Å². The SMILES string of the molecule is O=C(O)COc1ccccc1/C=N/NC(=O)COc1ccc(-c2ccccc2)cc1. The number of nitrogens with zero attached hydrogens (tertiary/aromatic N) is 1. The average Bonchev–Trinajstić information content (AvgIpc) is 2.78. The Hall–Kier alpha value is -4.13. The molecule has 0 aliphatic carbocycles. The second-order valence-electron chi connectivity index (χ2n) is 6.19. The first-order valence-corrected chi connectivity index (χ1v) is 9.15. The number of hydrogen-bond donors (Lipinski definition) is 2. The number of amides is 1. The lowest BCUT2D eigenvalue weighted by atomic mass is 10.1. The van der Waals surface area contributed by atoms with E-state index < -0.39 is 18.5 Å². The molecule has 0 radical (unpaired) electrons. The van der Waals surface area contributed by atoms with E-state index in [9.17, 15) is 9.59 Å². The van der Waals surface area contributed by atoms with Gasteiger partial charge < -0.3 is 14.6 Å². The Morgan fingerprint density at radius 2 is 1.50 bits per heavy atom. The van der Waals surface area contributed by atoms with E-state index >= 15 is 0 Å². The highest BCUT2D eigenvalue weighted by atomic mass is 16.5. The molecule has 2 N–H and O–H groups in total. The zero-order valence-electron chi connectivity index (χ0n) is 16.0. The first-order chi connectivity index (χ1) is 14.6.